The summed E-state index contributed by atoms with van der Waals surface area (Å²) in [4.78, 5) is 0. The van der Waals surface area contributed by atoms with Gasteiger partial charge in [0, 0.05) is 22.9 Å². The molecule has 2 heteroatoms. The average molecular weight is 352 g/mol. The van der Waals surface area contributed by atoms with Crippen LogP contribution in [-0.4, -0.2) is 0 Å². The smallest absolute Gasteiger partial charge is 0.216 e. The lowest BCUT2D eigenvalue weighted by Crippen LogP contribution is -2.30. The zero-order chi connectivity index (χ0) is 18.7. The highest BCUT2D eigenvalue weighted by molar-refractivity contribution is 6.21. The molecule has 0 unspecified atom stereocenters. The van der Waals surface area contributed by atoms with E-state index < -0.39 is 0 Å². The second kappa shape index (κ2) is 5.68. The first-order chi connectivity index (χ1) is 13.0. The van der Waals surface area contributed by atoms with Crippen LogP contribution in [0.2, 0.25) is 0 Å². The van der Waals surface area contributed by atoms with Gasteiger partial charge < -0.3 is 4.42 Å². The SMILES string of the molecule is Cc1cc[n+](C)c(-c2c(C)cc(C)c3c2oc2ccc4ccccc4c23)c1. The van der Waals surface area contributed by atoms with E-state index in [-0.39, 0.29) is 0 Å². The van der Waals surface area contributed by atoms with E-state index in [0.29, 0.717) is 0 Å². The Hall–Kier alpha value is -3.13. The highest BCUT2D eigenvalue weighted by atomic mass is 16.3. The van der Waals surface area contributed by atoms with E-state index in [4.69, 9.17) is 4.42 Å². The molecule has 0 bridgehead atoms. The van der Waals surface area contributed by atoms with Crippen molar-refractivity contribution in [1.82, 2.24) is 0 Å². The molecule has 3 aromatic carbocycles. The summed E-state index contributed by atoms with van der Waals surface area (Å²) in [5.41, 5.74) is 8.05. The van der Waals surface area contributed by atoms with Gasteiger partial charge in [-0.15, -0.1) is 0 Å². The molecular weight excluding hydrogens is 330 g/mol. The van der Waals surface area contributed by atoms with Crippen molar-refractivity contribution >= 4 is 32.7 Å². The number of benzene rings is 3. The molecule has 5 aromatic rings. The molecule has 0 atom stereocenters. The minimum atomic E-state index is 0.953. The molecule has 0 saturated carbocycles. The van der Waals surface area contributed by atoms with Crippen LogP contribution < -0.4 is 4.57 Å². The van der Waals surface area contributed by atoms with Gasteiger partial charge in [0.15, 0.2) is 6.20 Å². The molecular formula is C25H22NO+. The first kappa shape index (κ1) is 16.1. The Labute approximate surface area is 158 Å². The van der Waals surface area contributed by atoms with Gasteiger partial charge in [-0.2, -0.15) is 0 Å². The van der Waals surface area contributed by atoms with Crippen LogP contribution in [0.4, 0.5) is 0 Å². The van der Waals surface area contributed by atoms with Gasteiger partial charge in [0.25, 0.3) is 0 Å². The molecule has 0 aliphatic rings. The normalized spacial score (nSPS) is 11.7. The number of hydrogen-bond donors (Lipinski definition) is 0. The van der Waals surface area contributed by atoms with E-state index in [1.807, 2.05) is 0 Å². The topological polar surface area (TPSA) is 17.0 Å². The van der Waals surface area contributed by atoms with Crippen LogP contribution in [-0.2, 0) is 7.05 Å². The average Bonchev–Trinajstić information content (AvgIpc) is 3.04. The molecule has 2 nitrogen and oxygen atoms in total. The number of fused-ring (bicyclic) bond motifs is 5. The number of aryl methyl sites for hydroxylation is 4. The molecule has 0 radical (unpaired) electrons. The van der Waals surface area contributed by atoms with Gasteiger partial charge in [-0.05, 0) is 54.3 Å². The van der Waals surface area contributed by atoms with Gasteiger partial charge in [-0.1, -0.05) is 36.4 Å². The summed E-state index contributed by atoms with van der Waals surface area (Å²) in [7, 11) is 2.10. The van der Waals surface area contributed by atoms with Crippen molar-refractivity contribution in [1.29, 1.82) is 0 Å². The van der Waals surface area contributed by atoms with Crippen LogP contribution in [0.5, 0.6) is 0 Å². The summed E-state index contributed by atoms with van der Waals surface area (Å²) in [5, 5.41) is 4.94. The second-order valence-electron chi connectivity index (χ2n) is 7.55. The first-order valence-corrected chi connectivity index (χ1v) is 9.35. The zero-order valence-electron chi connectivity index (χ0n) is 16.1. The summed E-state index contributed by atoms with van der Waals surface area (Å²) in [6.45, 7) is 6.50. The monoisotopic (exact) mass is 352 g/mol. The summed E-state index contributed by atoms with van der Waals surface area (Å²) in [6.07, 6.45) is 2.12. The molecule has 5 rings (SSSR count). The van der Waals surface area contributed by atoms with Crippen molar-refractivity contribution in [2.45, 2.75) is 20.8 Å². The Morgan fingerprint density at radius 2 is 1.63 bits per heavy atom. The number of rotatable bonds is 1. The minimum absolute atomic E-state index is 0.953. The van der Waals surface area contributed by atoms with Crippen LogP contribution in [0, 0.1) is 20.8 Å². The maximum atomic E-state index is 6.49. The third-order valence-electron chi connectivity index (χ3n) is 5.59. The van der Waals surface area contributed by atoms with Gasteiger partial charge >= 0.3 is 0 Å². The summed E-state index contributed by atoms with van der Waals surface area (Å²) < 4.78 is 8.67. The van der Waals surface area contributed by atoms with Crippen LogP contribution in [0.25, 0.3) is 44.0 Å². The summed E-state index contributed by atoms with van der Waals surface area (Å²) in [6, 6.07) is 19.5. The fraction of sp³-hybridized carbons (Fsp3) is 0.160. The molecule has 0 aliphatic carbocycles. The molecule has 0 N–H and O–H groups in total. The van der Waals surface area contributed by atoms with Crippen LogP contribution in [0.15, 0.2) is 65.2 Å². The zero-order valence-corrected chi connectivity index (χ0v) is 16.1. The molecule has 0 aliphatic heterocycles. The molecule has 132 valence electrons. The summed E-state index contributed by atoms with van der Waals surface area (Å²) in [5.74, 6) is 0. The fourth-order valence-corrected chi connectivity index (χ4v) is 4.31. The lowest BCUT2D eigenvalue weighted by molar-refractivity contribution is -0.660. The van der Waals surface area contributed by atoms with Crippen molar-refractivity contribution in [3.63, 3.8) is 0 Å². The Morgan fingerprint density at radius 1 is 0.815 bits per heavy atom. The van der Waals surface area contributed by atoms with E-state index in [9.17, 15) is 0 Å². The number of pyridine rings is 1. The van der Waals surface area contributed by atoms with E-state index in [1.54, 1.807) is 0 Å². The molecule has 2 aromatic heterocycles. The molecule has 0 fully saturated rings. The molecule has 2 heterocycles. The third kappa shape index (κ3) is 2.30. The van der Waals surface area contributed by atoms with Gasteiger partial charge in [0.05, 0.1) is 5.56 Å². The lowest BCUT2D eigenvalue weighted by Gasteiger charge is -2.08. The maximum Gasteiger partial charge on any atom is 0.216 e. The van der Waals surface area contributed by atoms with Crippen LogP contribution in [0.1, 0.15) is 16.7 Å². The van der Waals surface area contributed by atoms with Crippen molar-refractivity contribution in [2.24, 2.45) is 7.05 Å². The van der Waals surface area contributed by atoms with Crippen LogP contribution >= 0.6 is 0 Å². The van der Waals surface area contributed by atoms with Gasteiger partial charge in [0.1, 0.15) is 18.2 Å². The lowest BCUT2D eigenvalue weighted by atomic mass is 9.95. The predicted molar refractivity (Wildman–Crippen MR) is 112 cm³/mol. The minimum Gasteiger partial charge on any atom is -0.455 e. The molecule has 0 amide bonds. The Balaban J connectivity index is 2.02. The van der Waals surface area contributed by atoms with E-state index in [0.717, 1.165) is 11.2 Å². The number of hydrogen-bond acceptors (Lipinski definition) is 1. The standard InChI is InChI=1S/C25H22NO/c1-15-11-12-26(4)20(13-15)22-16(2)14-17(3)23-24-19-8-6-5-7-18(19)9-10-21(24)27-25(22)23/h5-14H,1-4H3/q+1. The van der Waals surface area contributed by atoms with E-state index >= 15 is 0 Å². The van der Waals surface area contributed by atoms with Crippen molar-refractivity contribution in [2.75, 3.05) is 0 Å². The largest absolute Gasteiger partial charge is 0.455 e. The third-order valence-corrected chi connectivity index (χ3v) is 5.59. The maximum absolute atomic E-state index is 6.49. The second-order valence-corrected chi connectivity index (χ2v) is 7.55. The quantitative estimate of drug-likeness (QED) is 0.330. The highest BCUT2D eigenvalue weighted by Crippen LogP contribution is 2.41. The van der Waals surface area contributed by atoms with E-state index in [2.05, 4.69) is 93.2 Å². The summed E-state index contributed by atoms with van der Waals surface area (Å²) >= 11 is 0. The van der Waals surface area contributed by atoms with Crippen molar-refractivity contribution in [3.05, 3.63) is 77.5 Å². The highest BCUT2D eigenvalue weighted by Gasteiger charge is 2.23. The Kier molecular flexibility index (Phi) is 3.38. The Morgan fingerprint density at radius 3 is 2.48 bits per heavy atom. The van der Waals surface area contributed by atoms with Crippen molar-refractivity contribution < 1.29 is 8.98 Å². The van der Waals surface area contributed by atoms with E-state index in [1.165, 1.54) is 49.5 Å². The Bertz CT molecular complexity index is 1360. The van der Waals surface area contributed by atoms with Gasteiger partial charge in [-0.3, -0.25) is 0 Å². The number of furan rings is 1. The van der Waals surface area contributed by atoms with Crippen LogP contribution in [0.3, 0.4) is 0 Å². The van der Waals surface area contributed by atoms with Gasteiger partial charge in [0.2, 0.25) is 5.69 Å². The number of nitrogens with zero attached hydrogens (tertiary/aromatic N) is 1. The molecule has 0 saturated heterocycles. The first-order valence-electron chi connectivity index (χ1n) is 9.35. The number of aromatic nitrogens is 1. The van der Waals surface area contributed by atoms with Crippen molar-refractivity contribution in [3.8, 4) is 11.3 Å². The fourth-order valence-electron chi connectivity index (χ4n) is 4.31. The van der Waals surface area contributed by atoms with Gasteiger partial charge in [-0.25, -0.2) is 4.57 Å². The predicted octanol–water partition coefficient (Wildman–Crippen LogP) is 6.16. The molecule has 0 spiro atoms. The molecule has 27 heavy (non-hydrogen) atoms.